The summed E-state index contributed by atoms with van der Waals surface area (Å²) < 4.78 is 4.96. The molecule has 1 aromatic carbocycles. The number of nitrogens with one attached hydrogen (secondary N) is 1. The number of rotatable bonds is 2. The Labute approximate surface area is 144 Å². The van der Waals surface area contributed by atoms with E-state index in [4.69, 9.17) is 4.42 Å². The van der Waals surface area contributed by atoms with Crippen molar-refractivity contribution >= 4 is 22.9 Å². The molecule has 1 aromatic heterocycles. The van der Waals surface area contributed by atoms with Crippen molar-refractivity contribution in [3.05, 3.63) is 34.3 Å². The second-order valence-corrected chi connectivity index (χ2v) is 6.82. The van der Waals surface area contributed by atoms with Crippen molar-refractivity contribution in [1.29, 1.82) is 0 Å². The number of piperazine rings is 1. The molecule has 132 valence electrons. The standard InChI is InChI=1S/C18H21N3O4/c22-16(12-3-1-2-4-12)20-7-9-21(10-8-20)17(23)13-5-6-15-14(11-13)19-18(24)25-15/h5-6,11-12H,1-4,7-10H2,(H,19,24). The quantitative estimate of drug-likeness (QED) is 0.897. The van der Waals surface area contributed by atoms with Crippen LogP contribution < -0.4 is 5.76 Å². The van der Waals surface area contributed by atoms with Crippen LogP contribution in [0.5, 0.6) is 0 Å². The molecule has 0 bridgehead atoms. The van der Waals surface area contributed by atoms with E-state index in [-0.39, 0.29) is 17.7 Å². The van der Waals surface area contributed by atoms with E-state index in [1.54, 1.807) is 23.1 Å². The van der Waals surface area contributed by atoms with Gasteiger partial charge in [0.15, 0.2) is 5.58 Å². The number of amides is 2. The summed E-state index contributed by atoms with van der Waals surface area (Å²) in [5.74, 6) is -0.180. The van der Waals surface area contributed by atoms with E-state index in [0.29, 0.717) is 42.8 Å². The summed E-state index contributed by atoms with van der Waals surface area (Å²) >= 11 is 0. The molecule has 1 N–H and O–H groups in total. The molecule has 0 unspecified atom stereocenters. The van der Waals surface area contributed by atoms with Gasteiger partial charge in [-0.1, -0.05) is 12.8 Å². The second-order valence-electron chi connectivity index (χ2n) is 6.82. The first-order valence-electron chi connectivity index (χ1n) is 8.83. The maximum atomic E-state index is 12.7. The summed E-state index contributed by atoms with van der Waals surface area (Å²) in [6, 6.07) is 4.93. The lowest BCUT2D eigenvalue weighted by atomic mass is 10.1. The molecular weight excluding hydrogens is 322 g/mol. The third kappa shape index (κ3) is 3.06. The third-order valence-electron chi connectivity index (χ3n) is 5.25. The minimum atomic E-state index is -0.529. The van der Waals surface area contributed by atoms with Crippen LogP contribution in [0.1, 0.15) is 36.0 Å². The van der Waals surface area contributed by atoms with Crippen molar-refractivity contribution in [2.24, 2.45) is 5.92 Å². The highest BCUT2D eigenvalue weighted by molar-refractivity contribution is 5.97. The first-order chi connectivity index (χ1) is 12.1. The first-order valence-corrected chi connectivity index (χ1v) is 8.83. The topological polar surface area (TPSA) is 86.6 Å². The second kappa shape index (κ2) is 6.38. The minimum absolute atomic E-state index is 0.0862. The highest BCUT2D eigenvalue weighted by atomic mass is 16.4. The third-order valence-corrected chi connectivity index (χ3v) is 5.25. The molecule has 1 aliphatic carbocycles. The van der Waals surface area contributed by atoms with Crippen molar-refractivity contribution in [3.63, 3.8) is 0 Å². The van der Waals surface area contributed by atoms with E-state index in [2.05, 4.69) is 4.98 Å². The fourth-order valence-corrected chi connectivity index (χ4v) is 3.83. The van der Waals surface area contributed by atoms with Crippen LogP contribution in [0.4, 0.5) is 0 Å². The number of aromatic nitrogens is 1. The summed E-state index contributed by atoms with van der Waals surface area (Å²) in [7, 11) is 0. The van der Waals surface area contributed by atoms with Crippen molar-refractivity contribution in [2.45, 2.75) is 25.7 Å². The lowest BCUT2D eigenvalue weighted by Gasteiger charge is -2.36. The van der Waals surface area contributed by atoms with E-state index in [1.807, 2.05) is 4.90 Å². The van der Waals surface area contributed by atoms with Gasteiger partial charge in [0.25, 0.3) is 5.91 Å². The minimum Gasteiger partial charge on any atom is -0.408 e. The van der Waals surface area contributed by atoms with E-state index < -0.39 is 5.76 Å². The molecule has 4 rings (SSSR count). The Kier molecular flexibility index (Phi) is 4.07. The summed E-state index contributed by atoms with van der Waals surface area (Å²) in [5, 5.41) is 0. The molecule has 0 atom stereocenters. The van der Waals surface area contributed by atoms with Gasteiger partial charge >= 0.3 is 5.76 Å². The number of fused-ring (bicyclic) bond motifs is 1. The van der Waals surface area contributed by atoms with Crippen molar-refractivity contribution in [2.75, 3.05) is 26.2 Å². The maximum Gasteiger partial charge on any atom is 0.417 e. The maximum absolute atomic E-state index is 12.7. The van der Waals surface area contributed by atoms with Crippen molar-refractivity contribution in [3.8, 4) is 0 Å². The van der Waals surface area contributed by atoms with Crippen LogP contribution in [0.2, 0.25) is 0 Å². The molecule has 2 aromatic rings. The van der Waals surface area contributed by atoms with E-state index in [9.17, 15) is 14.4 Å². The highest BCUT2D eigenvalue weighted by Gasteiger charge is 2.30. The summed E-state index contributed by atoms with van der Waals surface area (Å²) in [6.07, 6.45) is 4.29. The first kappa shape index (κ1) is 15.9. The lowest BCUT2D eigenvalue weighted by Crippen LogP contribution is -2.51. The van der Waals surface area contributed by atoms with Gasteiger partial charge in [-0.15, -0.1) is 0 Å². The van der Waals surface area contributed by atoms with Crippen LogP contribution in [0.15, 0.2) is 27.4 Å². The van der Waals surface area contributed by atoms with Gasteiger partial charge < -0.3 is 14.2 Å². The van der Waals surface area contributed by atoms with Gasteiger partial charge in [-0.3, -0.25) is 14.6 Å². The zero-order valence-corrected chi connectivity index (χ0v) is 14.0. The Morgan fingerprint density at radius 3 is 2.44 bits per heavy atom. The van der Waals surface area contributed by atoms with Gasteiger partial charge in [-0.25, -0.2) is 4.79 Å². The van der Waals surface area contributed by atoms with Crippen LogP contribution in [-0.4, -0.2) is 52.8 Å². The Bertz CT molecular complexity index is 855. The molecule has 25 heavy (non-hydrogen) atoms. The van der Waals surface area contributed by atoms with Crippen LogP contribution in [0.3, 0.4) is 0 Å². The number of carbonyl (C=O) groups excluding carboxylic acids is 2. The Morgan fingerprint density at radius 1 is 1.04 bits per heavy atom. The van der Waals surface area contributed by atoms with E-state index in [1.165, 1.54) is 0 Å². The fourth-order valence-electron chi connectivity index (χ4n) is 3.83. The number of oxazole rings is 1. The van der Waals surface area contributed by atoms with Crippen LogP contribution in [0, 0.1) is 5.92 Å². The smallest absolute Gasteiger partial charge is 0.408 e. The Hall–Kier alpha value is -2.57. The Morgan fingerprint density at radius 2 is 1.72 bits per heavy atom. The van der Waals surface area contributed by atoms with Gasteiger partial charge in [0, 0.05) is 37.7 Å². The highest BCUT2D eigenvalue weighted by Crippen LogP contribution is 2.27. The van der Waals surface area contributed by atoms with Crippen LogP contribution in [-0.2, 0) is 4.79 Å². The molecule has 2 amide bonds. The molecule has 0 spiro atoms. The zero-order valence-electron chi connectivity index (χ0n) is 14.0. The SMILES string of the molecule is O=C(c1ccc2oc(=O)[nH]c2c1)N1CCN(C(=O)C2CCCC2)CC1. The lowest BCUT2D eigenvalue weighted by molar-refractivity contribution is -0.136. The average molecular weight is 343 g/mol. The van der Waals surface area contributed by atoms with Gasteiger partial charge in [-0.2, -0.15) is 0 Å². The van der Waals surface area contributed by atoms with Crippen molar-refractivity contribution in [1.82, 2.24) is 14.8 Å². The molecular formula is C18H21N3O4. The van der Waals surface area contributed by atoms with Crippen LogP contribution >= 0.6 is 0 Å². The molecule has 1 saturated carbocycles. The molecule has 7 nitrogen and oxygen atoms in total. The van der Waals surface area contributed by atoms with E-state index in [0.717, 1.165) is 25.7 Å². The number of nitrogens with zero attached hydrogens (tertiary/aromatic N) is 2. The average Bonchev–Trinajstić information content (AvgIpc) is 3.28. The molecule has 7 heteroatoms. The number of aromatic amines is 1. The molecule has 1 aliphatic heterocycles. The van der Waals surface area contributed by atoms with Crippen molar-refractivity contribution < 1.29 is 14.0 Å². The number of H-pyrrole nitrogens is 1. The monoisotopic (exact) mass is 343 g/mol. The summed E-state index contributed by atoms with van der Waals surface area (Å²) in [5.41, 5.74) is 1.47. The molecule has 0 radical (unpaired) electrons. The normalized spacial score (nSPS) is 18.9. The van der Waals surface area contributed by atoms with Crippen LogP contribution in [0.25, 0.3) is 11.1 Å². The molecule has 2 aliphatic rings. The fraction of sp³-hybridized carbons (Fsp3) is 0.500. The molecule has 1 saturated heterocycles. The van der Waals surface area contributed by atoms with E-state index >= 15 is 0 Å². The van der Waals surface area contributed by atoms with Gasteiger partial charge in [0.2, 0.25) is 5.91 Å². The Balaban J connectivity index is 1.41. The predicted molar refractivity (Wildman–Crippen MR) is 91.3 cm³/mol. The summed E-state index contributed by atoms with van der Waals surface area (Å²) in [4.78, 5) is 42.6. The van der Waals surface area contributed by atoms with Gasteiger partial charge in [-0.05, 0) is 31.0 Å². The predicted octanol–water partition coefficient (Wildman–Crippen LogP) is 1.60. The number of carbonyl (C=O) groups is 2. The zero-order chi connectivity index (χ0) is 17.4. The summed E-state index contributed by atoms with van der Waals surface area (Å²) in [6.45, 7) is 2.26. The number of hydrogen-bond donors (Lipinski definition) is 1. The number of benzene rings is 1. The molecule has 2 heterocycles. The number of hydrogen-bond acceptors (Lipinski definition) is 4. The largest absolute Gasteiger partial charge is 0.417 e. The van der Waals surface area contributed by atoms with Gasteiger partial charge in [0.05, 0.1) is 5.52 Å². The molecule has 2 fully saturated rings. The van der Waals surface area contributed by atoms with Gasteiger partial charge in [0.1, 0.15) is 0 Å².